The summed E-state index contributed by atoms with van der Waals surface area (Å²) in [7, 11) is 3.89. The molecule has 0 aliphatic rings. The summed E-state index contributed by atoms with van der Waals surface area (Å²) in [5, 5.41) is 6.12. The molecule has 0 aliphatic heterocycles. The molecular formula is C19H27N5O. The highest BCUT2D eigenvalue weighted by Gasteiger charge is 2.15. The molecular weight excluding hydrogens is 314 g/mol. The van der Waals surface area contributed by atoms with Gasteiger partial charge >= 0.3 is 0 Å². The van der Waals surface area contributed by atoms with E-state index in [1.165, 1.54) is 0 Å². The Balaban J connectivity index is 2.04. The van der Waals surface area contributed by atoms with E-state index in [1.54, 1.807) is 0 Å². The summed E-state index contributed by atoms with van der Waals surface area (Å²) in [6, 6.07) is 9.46. The van der Waals surface area contributed by atoms with Crippen LogP contribution in [0.2, 0.25) is 0 Å². The number of hydrogen-bond acceptors (Lipinski definition) is 5. The number of rotatable bonds is 5. The molecule has 0 spiro atoms. The molecule has 6 heteroatoms. The minimum Gasteiger partial charge on any atom is -0.363 e. The van der Waals surface area contributed by atoms with Gasteiger partial charge in [0.15, 0.2) is 0 Å². The summed E-state index contributed by atoms with van der Waals surface area (Å²) < 4.78 is 0. The predicted octanol–water partition coefficient (Wildman–Crippen LogP) is 3.97. The average Bonchev–Trinajstić information content (AvgIpc) is 2.46. The average molecular weight is 341 g/mol. The van der Waals surface area contributed by atoms with Crippen LogP contribution in [0.25, 0.3) is 0 Å². The molecule has 0 saturated heterocycles. The van der Waals surface area contributed by atoms with Gasteiger partial charge in [0.05, 0.1) is 0 Å². The Morgan fingerprint density at radius 2 is 1.68 bits per heavy atom. The minimum absolute atomic E-state index is 0.0193. The SMILES string of the molecule is Cc1cc(N(C)C)nc(Nc2ccc(NC(=O)CC(C)(C)C)cc2)n1. The lowest BCUT2D eigenvalue weighted by Crippen LogP contribution is -2.19. The lowest BCUT2D eigenvalue weighted by atomic mass is 9.92. The van der Waals surface area contributed by atoms with Gasteiger partial charge < -0.3 is 15.5 Å². The molecule has 25 heavy (non-hydrogen) atoms. The van der Waals surface area contributed by atoms with Crippen molar-refractivity contribution in [1.29, 1.82) is 0 Å². The molecule has 1 aromatic heterocycles. The molecule has 1 amide bonds. The Kier molecular flexibility index (Phi) is 5.62. The van der Waals surface area contributed by atoms with Crippen molar-refractivity contribution in [2.75, 3.05) is 29.6 Å². The van der Waals surface area contributed by atoms with E-state index in [-0.39, 0.29) is 11.3 Å². The summed E-state index contributed by atoms with van der Waals surface area (Å²) in [5.74, 6) is 1.42. The van der Waals surface area contributed by atoms with Crippen LogP contribution in [-0.2, 0) is 4.79 Å². The van der Waals surface area contributed by atoms with Crippen molar-refractivity contribution in [3.63, 3.8) is 0 Å². The number of carbonyl (C=O) groups excluding carboxylic acids is 1. The Labute approximate surface area is 149 Å². The summed E-state index contributed by atoms with van der Waals surface area (Å²) in [6.07, 6.45) is 0.484. The highest BCUT2D eigenvalue weighted by molar-refractivity contribution is 5.91. The van der Waals surface area contributed by atoms with Crippen LogP contribution < -0.4 is 15.5 Å². The molecule has 0 atom stereocenters. The zero-order chi connectivity index (χ0) is 18.6. The molecule has 2 rings (SSSR count). The Hall–Kier alpha value is -2.63. The molecule has 134 valence electrons. The lowest BCUT2D eigenvalue weighted by Gasteiger charge is -2.17. The summed E-state index contributed by atoms with van der Waals surface area (Å²) in [6.45, 7) is 8.07. The van der Waals surface area contributed by atoms with Gasteiger partial charge in [-0.1, -0.05) is 20.8 Å². The maximum Gasteiger partial charge on any atom is 0.229 e. The standard InChI is InChI=1S/C19H27N5O/c1-13-11-16(24(5)6)23-18(20-13)22-15-9-7-14(8-10-15)21-17(25)12-19(2,3)4/h7-11H,12H2,1-6H3,(H,21,25)(H,20,22,23). The number of aryl methyl sites for hydroxylation is 1. The van der Waals surface area contributed by atoms with Gasteiger partial charge in [-0.3, -0.25) is 4.79 Å². The lowest BCUT2D eigenvalue weighted by molar-refractivity contribution is -0.117. The van der Waals surface area contributed by atoms with Crippen molar-refractivity contribution in [2.24, 2.45) is 5.41 Å². The van der Waals surface area contributed by atoms with Gasteiger partial charge in [0.1, 0.15) is 5.82 Å². The maximum absolute atomic E-state index is 12.0. The van der Waals surface area contributed by atoms with Crippen LogP contribution >= 0.6 is 0 Å². The summed E-state index contributed by atoms with van der Waals surface area (Å²) >= 11 is 0. The molecule has 0 radical (unpaired) electrons. The van der Waals surface area contributed by atoms with Crippen LogP contribution in [0.3, 0.4) is 0 Å². The molecule has 1 heterocycles. The van der Waals surface area contributed by atoms with Gasteiger partial charge in [0, 0.05) is 43.7 Å². The minimum atomic E-state index is -0.0295. The third-order valence-corrected chi connectivity index (χ3v) is 3.41. The topological polar surface area (TPSA) is 70.2 Å². The van der Waals surface area contributed by atoms with Crippen LogP contribution in [-0.4, -0.2) is 30.0 Å². The first kappa shape index (κ1) is 18.7. The first-order valence-electron chi connectivity index (χ1n) is 8.32. The third-order valence-electron chi connectivity index (χ3n) is 3.41. The third kappa shape index (κ3) is 6.06. The largest absolute Gasteiger partial charge is 0.363 e. The fourth-order valence-electron chi connectivity index (χ4n) is 2.29. The van der Waals surface area contributed by atoms with Gasteiger partial charge in [0.25, 0.3) is 0 Å². The molecule has 6 nitrogen and oxygen atoms in total. The molecule has 2 aromatic rings. The molecule has 0 bridgehead atoms. The van der Waals surface area contributed by atoms with E-state index in [9.17, 15) is 4.79 Å². The zero-order valence-corrected chi connectivity index (χ0v) is 15.8. The van der Waals surface area contributed by atoms with Crippen molar-refractivity contribution in [1.82, 2.24) is 9.97 Å². The maximum atomic E-state index is 12.0. The highest BCUT2D eigenvalue weighted by Crippen LogP contribution is 2.21. The highest BCUT2D eigenvalue weighted by atomic mass is 16.1. The molecule has 2 N–H and O–H groups in total. The van der Waals surface area contributed by atoms with Gasteiger partial charge in [-0.25, -0.2) is 4.98 Å². The van der Waals surface area contributed by atoms with E-state index in [1.807, 2.05) is 77.0 Å². The van der Waals surface area contributed by atoms with Crippen molar-refractivity contribution in [3.8, 4) is 0 Å². The second-order valence-corrected chi connectivity index (χ2v) is 7.57. The molecule has 0 fully saturated rings. The summed E-state index contributed by atoms with van der Waals surface area (Å²) in [4.78, 5) is 22.8. The van der Waals surface area contributed by atoms with Gasteiger partial charge in [-0.2, -0.15) is 4.98 Å². The van der Waals surface area contributed by atoms with Gasteiger partial charge in [0.2, 0.25) is 11.9 Å². The number of nitrogens with one attached hydrogen (secondary N) is 2. The number of aromatic nitrogens is 2. The monoisotopic (exact) mass is 341 g/mol. The molecule has 0 saturated carbocycles. The molecule has 1 aromatic carbocycles. The molecule has 0 unspecified atom stereocenters. The van der Waals surface area contributed by atoms with E-state index in [0.29, 0.717) is 12.4 Å². The predicted molar refractivity (Wildman–Crippen MR) is 104 cm³/mol. The van der Waals surface area contributed by atoms with Crippen molar-refractivity contribution in [3.05, 3.63) is 36.0 Å². The number of hydrogen-bond donors (Lipinski definition) is 2. The number of anilines is 4. The van der Waals surface area contributed by atoms with E-state index >= 15 is 0 Å². The summed E-state index contributed by atoms with van der Waals surface area (Å²) in [5.41, 5.74) is 2.51. The van der Waals surface area contributed by atoms with E-state index in [4.69, 9.17) is 0 Å². The number of carbonyl (C=O) groups is 1. The Bertz CT molecular complexity index is 732. The van der Waals surface area contributed by atoms with Crippen LogP contribution in [0.4, 0.5) is 23.1 Å². The number of benzene rings is 1. The van der Waals surface area contributed by atoms with Crippen LogP contribution in [0, 0.1) is 12.3 Å². The normalized spacial score (nSPS) is 11.1. The smallest absolute Gasteiger partial charge is 0.229 e. The first-order chi connectivity index (χ1) is 11.6. The first-order valence-corrected chi connectivity index (χ1v) is 8.32. The van der Waals surface area contributed by atoms with Crippen molar-refractivity contribution in [2.45, 2.75) is 34.1 Å². The fraction of sp³-hybridized carbons (Fsp3) is 0.421. The molecule has 0 aliphatic carbocycles. The quantitative estimate of drug-likeness (QED) is 0.861. The van der Waals surface area contributed by atoms with Gasteiger partial charge in [-0.15, -0.1) is 0 Å². The van der Waals surface area contributed by atoms with Crippen molar-refractivity contribution < 1.29 is 4.79 Å². The zero-order valence-electron chi connectivity index (χ0n) is 15.8. The van der Waals surface area contributed by atoms with E-state index in [0.717, 1.165) is 22.9 Å². The number of amides is 1. The van der Waals surface area contributed by atoms with Gasteiger partial charge in [-0.05, 0) is 36.6 Å². The Morgan fingerprint density at radius 1 is 1.08 bits per heavy atom. The number of nitrogens with zero attached hydrogens (tertiary/aromatic N) is 3. The van der Waals surface area contributed by atoms with Crippen LogP contribution in [0.15, 0.2) is 30.3 Å². The van der Waals surface area contributed by atoms with Crippen LogP contribution in [0.5, 0.6) is 0 Å². The van der Waals surface area contributed by atoms with E-state index in [2.05, 4.69) is 20.6 Å². The van der Waals surface area contributed by atoms with E-state index < -0.39 is 0 Å². The van der Waals surface area contributed by atoms with Crippen molar-refractivity contribution >= 4 is 29.0 Å². The Morgan fingerprint density at radius 3 is 2.24 bits per heavy atom. The van der Waals surface area contributed by atoms with Crippen LogP contribution in [0.1, 0.15) is 32.9 Å². The second kappa shape index (κ2) is 7.51. The second-order valence-electron chi connectivity index (χ2n) is 7.57. The fourth-order valence-corrected chi connectivity index (χ4v) is 2.29.